The number of thiazole rings is 1. The maximum atomic E-state index is 12.3. The number of carbonyl (C=O) groups excluding carboxylic acids is 1. The van der Waals surface area contributed by atoms with E-state index in [0.29, 0.717) is 5.13 Å². The molecule has 0 aliphatic carbocycles. The highest BCUT2D eigenvalue weighted by atomic mass is 32.2. The minimum atomic E-state index is -0.266. The summed E-state index contributed by atoms with van der Waals surface area (Å²) in [5.74, 6) is -0.0814. The Bertz CT molecular complexity index is 862. The summed E-state index contributed by atoms with van der Waals surface area (Å²) in [4.78, 5) is 25.0. The number of hydrogen-bond donors (Lipinski definition) is 1. The lowest BCUT2D eigenvalue weighted by Gasteiger charge is -2.09. The molecule has 0 fully saturated rings. The van der Waals surface area contributed by atoms with E-state index in [1.807, 2.05) is 39.0 Å². The number of anilines is 1. The van der Waals surface area contributed by atoms with Gasteiger partial charge >= 0.3 is 0 Å². The van der Waals surface area contributed by atoms with Crippen molar-refractivity contribution in [1.29, 1.82) is 0 Å². The summed E-state index contributed by atoms with van der Waals surface area (Å²) in [7, 11) is 0. The van der Waals surface area contributed by atoms with Crippen molar-refractivity contribution in [2.75, 3.05) is 5.32 Å². The largest absolute Gasteiger partial charge is 0.301 e. The van der Waals surface area contributed by atoms with Gasteiger partial charge in [-0.15, -0.1) is 0 Å². The van der Waals surface area contributed by atoms with Gasteiger partial charge in [0.2, 0.25) is 5.91 Å². The van der Waals surface area contributed by atoms with E-state index in [0.717, 1.165) is 20.9 Å². The van der Waals surface area contributed by atoms with Crippen molar-refractivity contribution in [3.8, 4) is 0 Å². The lowest BCUT2D eigenvalue weighted by molar-refractivity contribution is -0.115. The minimum absolute atomic E-state index is 0.0814. The van der Waals surface area contributed by atoms with Crippen LogP contribution in [0, 0.1) is 13.8 Å². The molecule has 3 rings (SSSR count). The van der Waals surface area contributed by atoms with Gasteiger partial charge in [0, 0.05) is 5.69 Å². The number of aryl methyl sites for hydroxylation is 2. The van der Waals surface area contributed by atoms with Gasteiger partial charge in [-0.2, -0.15) is 0 Å². The third kappa shape index (κ3) is 3.86. The lowest BCUT2D eigenvalue weighted by atomic mass is 10.2. The molecule has 0 aliphatic heterocycles. The monoisotopic (exact) mass is 344 g/mol. The molecule has 0 saturated heterocycles. The molecule has 0 saturated carbocycles. The summed E-state index contributed by atoms with van der Waals surface area (Å²) < 4.78 is 1.08. The molecule has 3 aromatic rings. The molecule has 1 atom stereocenters. The second kappa shape index (κ2) is 6.64. The van der Waals surface area contributed by atoms with E-state index in [1.165, 1.54) is 35.0 Å². The second-order valence-corrected chi connectivity index (χ2v) is 7.63. The van der Waals surface area contributed by atoms with Crippen LogP contribution < -0.4 is 5.32 Å². The summed E-state index contributed by atoms with van der Waals surface area (Å²) in [5.41, 5.74) is 2.97. The SMILES string of the molecule is Cc1ccc2nc(NC(=O)C(C)Sc3cc(C)ncn3)sc2c1. The Hall–Kier alpha value is -1.99. The minimum Gasteiger partial charge on any atom is -0.301 e. The number of aromatic nitrogens is 3. The van der Waals surface area contributed by atoms with Gasteiger partial charge in [-0.3, -0.25) is 4.79 Å². The highest BCUT2D eigenvalue weighted by Crippen LogP contribution is 2.28. The van der Waals surface area contributed by atoms with Crippen LogP contribution in [-0.2, 0) is 4.79 Å². The van der Waals surface area contributed by atoms with Crippen molar-refractivity contribution in [1.82, 2.24) is 15.0 Å². The predicted molar refractivity (Wildman–Crippen MR) is 95.1 cm³/mol. The van der Waals surface area contributed by atoms with E-state index in [1.54, 1.807) is 0 Å². The third-order valence-corrected chi connectivity index (χ3v) is 5.19. The van der Waals surface area contributed by atoms with Crippen molar-refractivity contribution in [2.45, 2.75) is 31.0 Å². The number of rotatable bonds is 4. The molecule has 0 bridgehead atoms. The first-order valence-electron chi connectivity index (χ1n) is 7.14. The molecule has 0 radical (unpaired) electrons. The molecule has 1 aromatic carbocycles. The van der Waals surface area contributed by atoms with E-state index < -0.39 is 0 Å². The average Bonchev–Trinajstić information content (AvgIpc) is 2.88. The fraction of sp³-hybridized carbons (Fsp3) is 0.250. The van der Waals surface area contributed by atoms with Crippen molar-refractivity contribution >= 4 is 44.4 Å². The topological polar surface area (TPSA) is 67.8 Å². The predicted octanol–water partition coefficient (Wildman–Crippen LogP) is 3.82. The van der Waals surface area contributed by atoms with Crippen molar-refractivity contribution < 1.29 is 4.79 Å². The van der Waals surface area contributed by atoms with Gasteiger partial charge in [-0.25, -0.2) is 15.0 Å². The van der Waals surface area contributed by atoms with E-state index in [2.05, 4.69) is 26.3 Å². The van der Waals surface area contributed by atoms with Gasteiger partial charge in [-0.05, 0) is 44.5 Å². The fourth-order valence-electron chi connectivity index (χ4n) is 2.02. The van der Waals surface area contributed by atoms with E-state index >= 15 is 0 Å². The maximum absolute atomic E-state index is 12.3. The Morgan fingerprint density at radius 2 is 2.09 bits per heavy atom. The molecule has 2 heterocycles. The van der Waals surface area contributed by atoms with Crippen molar-refractivity contribution in [3.63, 3.8) is 0 Å². The Morgan fingerprint density at radius 1 is 1.26 bits per heavy atom. The van der Waals surface area contributed by atoms with Crippen molar-refractivity contribution in [2.24, 2.45) is 0 Å². The number of amides is 1. The fourth-order valence-corrected chi connectivity index (χ4v) is 3.86. The Labute approximate surface area is 142 Å². The first kappa shape index (κ1) is 15.9. The number of nitrogens with zero attached hydrogens (tertiary/aromatic N) is 3. The number of benzene rings is 1. The standard InChI is InChI=1S/C16H16N4OS2/c1-9-4-5-12-13(6-9)23-16(19-12)20-15(21)11(3)22-14-7-10(2)17-8-18-14/h4-8,11H,1-3H3,(H,19,20,21). The van der Waals surface area contributed by atoms with Gasteiger partial charge in [0.15, 0.2) is 5.13 Å². The number of nitrogens with one attached hydrogen (secondary N) is 1. The van der Waals surface area contributed by atoms with Crippen LogP contribution in [0.1, 0.15) is 18.2 Å². The summed E-state index contributed by atoms with van der Waals surface area (Å²) in [5, 5.41) is 4.04. The van der Waals surface area contributed by atoms with Gasteiger partial charge in [-0.1, -0.05) is 29.2 Å². The smallest absolute Gasteiger partial charge is 0.239 e. The Morgan fingerprint density at radius 3 is 2.87 bits per heavy atom. The van der Waals surface area contributed by atoms with Gasteiger partial charge in [0.1, 0.15) is 11.4 Å². The number of thioether (sulfide) groups is 1. The summed E-state index contributed by atoms with van der Waals surface area (Å²) in [6.07, 6.45) is 1.51. The van der Waals surface area contributed by atoms with Crippen LogP contribution in [0.4, 0.5) is 5.13 Å². The molecule has 7 heteroatoms. The molecular weight excluding hydrogens is 328 g/mol. The van der Waals surface area contributed by atoms with Crippen LogP contribution in [0.5, 0.6) is 0 Å². The summed E-state index contributed by atoms with van der Waals surface area (Å²) in [6.45, 7) is 5.80. The third-order valence-electron chi connectivity index (χ3n) is 3.22. The van der Waals surface area contributed by atoms with E-state index in [-0.39, 0.29) is 11.2 Å². The van der Waals surface area contributed by atoms with Crippen molar-refractivity contribution in [3.05, 3.63) is 41.9 Å². The molecule has 5 nitrogen and oxygen atoms in total. The molecule has 0 aliphatic rings. The first-order chi connectivity index (χ1) is 11.0. The first-order valence-corrected chi connectivity index (χ1v) is 8.84. The van der Waals surface area contributed by atoms with Crippen LogP contribution in [0.3, 0.4) is 0 Å². The van der Waals surface area contributed by atoms with Crippen LogP contribution >= 0.6 is 23.1 Å². The zero-order valence-corrected chi connectivity index (χ0v) is 14.7. The maximum Gasteiger partial charge on any atom is 0.239 e. The van der Waals surface area contributed by atoms with Crippen LogP contribution in [0.15, 0.2) is 35.6 Å². The molecule has 2 aromatic heterocycles. The molecule has 23 heavy (non-hydrogen) atoms. The molecule has 1 N–H and O–H groups in total. The highest BCUT2D eigenvalue weighted by molar-refractivity contribution is 8.00. The van der Waals surface area contributed by atoms with Crippen LogP contribution in [-0.4, -0.2) is 26.1 Å². The van der Waals surface area contributed by atoms with Crippen LogP contribution in [0.2, 0.25) is 0 Å². The second-order valence-electron chi connectivity index (χ2n) is 5.24. The number of fused-ring (bicyclic) bond motifs is 1. The molecule has 1 amide bonds. The normalized spacial score (nSPS) is 12.3. The highest BCUT2D eigenvalue weighted by Gasteiger charge is 2.17. The Kier molecular flexibility index (Phi) is 4.58. The Balaban J connectivity index is 1.69. The summed E-state index contributed by atoms with van der Waals surface area (Å²) in [6, 6.07) is 7.93. The lowest BCUT2D eigenvalue weighted by Crippen LogP contribution is -2.22. The number of hydrogen-bond acceptors (Lipinski definition) is 6. The van der Waals surface area contributed by atoms with E-state index in [4.69, 9.17) is 0 Å². The quantitative estimate of drug-likeness (QED) is 0.575. The van der Waals surface area contributed by atoms with E-state index in [9.17, 15) is 4.79 Å². The zero-order chi connectivity index (χ0) is 16.4. The molecular formula is C16H16N4OS2. The average molecular weight is 344 g/mol. The summed E-state index contributed by atoms with van der Waals surface area (Å²) >= 11 is 2.90. The zero-order valence-electron chi connectivity index (χ0n) is 13.0. The van der Waals surface area contributed by atoms with Gasteiger partial charge < -0.3 is 5.32 Å². The van der Waals surface area contributed by atoms with Gasteiger partial charge in [0.25, 0.3) is 0 Å². The number of carbonyl (C=O) groups is 1. The van der Waals surface area contributed by atoms with Crippen LogP contribution in [0.25, 0.3) is 10.2 Å². The molecule has 118 valence electrons. The van der Waals surface area contributed by atoms with Gasteiger partial charge in [0.05, 0.1) is 15.5 Å². The molecule has 0 spiro atoms. The molecule has 1 unspecified atom stereocenters.